The smallest absolute Gasteiger partial charge is 0.262 e. The molecule has 1 aliphatic carbocycles. The molecule has 156 valence electrons. The van der Waals surface area contributed by atoms with Crippen LogP contribution in [0.5, 0.6) is 5.75 Å². The van der Waals surface area contributed by atoms with Gasteiger partial charge in [-0.2, -0.15) is 0 Å². The molecule has 0 bridgehead atoms. The third kappa shape index (κ3) is 5.77. The van der Waals surface area contributed by atoms with E-state index >= 15 is 0 Å². The highest BCUT2D eigenvalue weighted by Crippen LogP contribution is 2.24. The number of ether oxygens (including phenoxy) is 1. The standard InChI is InChI=1S/C21H25FN2O4S/c1-15-13-17(29(26,27)24-16-7-3-2-4-8-16)11-12-20(15)28-14-21(25)23-19-10-6-5-9-18(19)22/h5-6,9-13,16,24H,2-4,7-8,14H2,1H3,(H,23,25). The Balaban J connectivity index is 1.60. The van der Waals surface area contributed by atoms with Crippen molar-refractivity contribution in [3.05, 3.63) is 53.8 Å². The van der Waals surface area contributed by atoms with Crippen LogP contribution in [0.4, 0.5) is 10.1 Å². The molecule has 0 aromatic heterocycles. The number of hydrogen-bond acceptors (Lipinski definition) is 4. The summed E-state index contributed by atoms with van der Waals surface area (Å²) in [7, 11) is -3.60. The Morgan fingerprint density at radius 1 is 1.14 bits per heavy atom. The second-order valence-corrected chi connectivity index (χ2v) is 8.91. The predicted octanol–water partition coefficient (Wildman–Crippen LogP) is 3.76. The van der Waals surface area contributed by atoms with Crippen molar-refractivity contribution in [1.29, 1.82) is 0 Å². The van der Waals surface area contributed by atoms with Gasteiger partial charge in [-0.05, 0) is 55.7 Å². The monoisotopic (exact) mass is 420 g/mol. The van der Waals surface area contributed by atoms with E-state index in [0.29, 0.717) is 11.3 Å². The molecule has 2 aromatic rings. The van der Waals surface area contributed by atoms with E-state index in [4.69, 9.17) is 4.74 Å². The third-order valence-corrected chi connectivity index (χ3v) is 6.41. The van der Waals surface area contributed by atoms with E-state index in [9.17, 15) is 17.6 Å². The molecule has 0 atom stereocenters. The van der Waals surface area contributed by atoms with Crippen LogP contribution in [0.1, 0.15) is 37.7 Å². The summed E-state index contributed by atoms with van der Waals surface area (Å²) >= 11 is 0. The van der Waals surface area contributed by atoms with Crippen LogP contribution in [0, 0.1) is 12.7 Å². The van der Waals surface area contributed by atoms with Crippen LogP contribution in [0.2, 0.25) is 0 Å². The van der Waals surface area contributed by atoms with E-state index in [2.05, 4.69) is 10.0 Å². The fourth-order valence-electron chi connectivity index (χ4n) is 3.35. The summed E-state index contributed by atoms with van der Waals surface area (Å²) in [6.45, 7) is 1.39. The molecule has 1 saturated carbocycles. The van der Waals surface area contributed by atoms with Crippen molar-refractivity contribution < 1.29 is 22.3 Å². The van der Waals surface area contributed by atoms with Gasteiger partial charge in [0.15, 0.2) is 6.61 Å². The molecule has 0 unspecified atom stereocenters. The van der Waals surface area contributed by atoms with Crippen LogP contribution >= 0.6 is 0 Å². The molecular weight excluding hydrogens is 395 g/mol. The third-order valence-electron chi connectivity index (χ3n) is 4.89. The van der Waals surface area contributed by atoms with Crippen LogP contribution in [0.15, 0.2) is 47.4 Å². The summed E-state index contributed by atoms with van der Waals surface area (Å²) in [6.07, 6.45) is 4.93. The van der Waals surface area contributed by atoms with E-state index in [0.717, 1.165) is 32.1 Å². The Bertz CT molecular complexity index is 972. The quantitative estimate of drug-likeness (QED) is 0.714. The van der Waals surface area contributed by atoms with E-state index < -0.39 is 21.7 Å². The van der Waals surface area contributed by atoms with Gasteiger partial charge in [0.1, 0.15) is 11.6 Å². The Kier molecular flexibility index (Phi) is 6.87. The van der Waals surface area contributed by atoms with Crippen LogP contribution in [-0.2, 0) is 14.8 Å². The zero-order valence-corrected chi connectivity index (χ0v) is 17.1. The number of aryl methyl sites for hydroxylation is 1. The topological polar surface area (TPSA) is 84.5 Å². The molecule has 2 aromatic carbocycles. The summed E-state index contributed by atoms with van der Waals surface area (Å²) in [5.74, 6) is -0.646. The second kappa shape index (κ2) is 9.37. The zero-order valence-electron chi connectivity index (χ0n) is 16.3. The van der Waals surface area contributed by atoms with Crippen LogP contribution in [0.3, 0.4) is 0 Å². The minimum absolute atomic E-state index is 0.0212. The molecule has 8 heteroatoms. The van der Waals surface area contributed by atoms with Crippen LogP contribution in [-0.4, -0.2) is 27.0 Å². The molecule has 1 amide bonds. The van der Waals surface area contributed by atoms with E-state index in [1.165, 1.54) is 36.4 Å². The number of rotatable bonds is 7. The van der Waals surface area contributed by atoms with E-state index in [1.807, 2.05) is 0 Å². The Hall–Kier alpha value is -2.45. The number of benzene rings is 2. The van der Waals surface area contributed by atoms with Gasteiger partial charge in [-0.15, -0.1) is 0 Å². The highest BCUT2D eigenvalue weighted by Gasteiger charge is 2.22. The van der Waals surface area contributed by atoms with Gasteiger partial charge in [-0.3, -0.25) is 4.79 Å². The number of carbonyl (C=O) groups excluding carboxylic acids is 1. The lowest BCUT2D eigenvalue weighted by Crippen LogP contribution is -2.36. The molecule has 0 heterocycles. The largest absolute Gasteiger partial charge is 0.483 e. The first-order chi connectivity index (χ1) is 13.8. The highest BCUT2D eigenvalue weighted by molar-refractivity contribution is 7.89. The summed E-state index contributed by atoms with van der Waals surface area (Å²) in [6, 6.07) is 10.3. The predicted molar refractivity (Wildman–Crippen MR) is 109 cm³/mol. The number of sulfonamides is 1. The van der Waals surface area contributed by atoms with Crippen LogP contribution < -0.4 is 14.8 Å². The number of halogens is 1. The van der Waals surface area contributed by atoms with Crippen molar-refractivity contribution in [3.8, 4) is 5.75 Å². The molecule has 0 radical (unpaired) electrons. The van der Waals surface area contributed by atoms with Crippen molar-refractivity contribution in [2.24, 2.45) is 0 Å². The average molecular weight is 421 g/mol. The van der Waals surface area contributed by atoms with Gasteiger partial charge in [0.25, 0.3) is 5.91 Å². The van der Waals surface area contributed by atoms with E-state index in [1.54, 1.807) is 13.0 Å². The molecule has 0 aliphatic heterocycles. The zero-order chi connectivity index (χ0) is 20.9. The first kappa shape index (κ1) is 21.3. The van der Waals surface area contributed by atoms with Crippen molar-refractivity contribution in [2.45, 2.75) is 50.0 Å². The number of para-hydroxylation sites is 1. The Labute approximate surface area is 170 Å². The van der Waals surface area contributed by atoms with Gasteiger partial charge in [0.05, 0.1) is 10.6 Å². The lowest BCUT2D eigenvalue weighted by molar-refractivity contribution is -0.118. The van der Waals surface area contributed by atoms with Crippen LogP contribution in [0.25, 0.3) is 0 Å². The minimum Gasteiger partial charge on any atom is -0.483 e. The maximum atomic E-state index is 13.6. The molecule has 6 nitrogen and oxygen atoms in total. The maximum absolute atomic E-state index is 13.6. The van der Waals surface area contributed by atoms with Gasteiger partial charge in [-0.1, -0.05) is 31.4 Å². The minimum atomic E-state index is -3.60. The first-order valence-electron chi connectivity index (χ1n) is 9.65. The van der Waals surface area contributed by atoms with Gasteiger partial charge in [-0.25, -0.2) is 17.5 Å². The van der Waals surface area contributed by atoms with Crippen molar-refractivity contribution >= 4 is 21.6 Å². The fourth-order valence-corrected chi connectivity index (χ4v) is 4.74. The number of amides is 1. The normalized spacial score (nSPS) is 15.1. The summed E-state index contributed by atoms with van der Waals surface area (Å²) < 4.78 is 47.1. The van der Waals surface area contributed by atoms with Gasteiger partial charge in [0, 0.05) is 6.04 Å². The van der Waals surface area contributed by atoms with E-state index in [-0.39, 0.29) is 23.2 Å². The fraction of sp³-hybridized carbons (Fsp3) is 0.381. The van der Waals surface area contributed by atoms with Crippen molar-refractivity contribution in [1.82, 2.24) is 4.72 Å². The molecule has 1 fully saturated rings. The molecule has 2 N–H and O–H groups in total. The number of anilines is 1. The van der Waals surface area contributed by atoms with Gasteiger partial charge in [0.2, 0.25) is 10.0 Å². The number of carbonyl (C=O) groups is 1. The average Bonchev–Trinajstić information content (AvgIpc) is 2.69. The Morgan fingerprint density at radius 2 is 1.86 bits per heavy atom. The summed E-state index contributed by atoms with van der Waals surface area (Å²) in [5.41, 5.74) is 0.670. The summed E-state index contributed by atoms with van der Waals surface area (Å²) in [4.78, 5) is 12.2. The second-order valence-electron chi connectivity index (χ2n) is 7.20. The molecule has 3 rings (SSSR count). The van der Waals surface area contributed by atoms with Crippen molar-refractivity contribution in [2.75, 3.05) is 11.9 Å². The number of hydrogen-bond donors (Lipinski definition) is 2. The SMILES string of the molecule is Cc1cc(S(=O)(=O)NC2CCCCC2)ccc1OCC(=O)Nc1ccccc1F. The molecule has 0 saturated heterocycles. The molecule has 0 spiro atoms. The molecule has 1 aliphatic rings. The first-order valence-corrected chi connectivity index (χ1v) is 11.1. The lowest BCUT2D eigenvalue weighted by atomic mass is 9.96. The number of nitrogens with one attached hydrogen (secondary N) is 2. The highest BCUT2D eigenvalue weighted by atomic mass is 32.2. The maximum Gasteiger partial charge on any atom is 0.262 e. The summed E-state index contributed by atoms with van der Waals surface area (Å²) in [5, 5.41) is 2.44. The van der Waals surface area contributed by atoms with Gasteiger partial charge >= 0.3 is 0 Å². The lowest BCUT2D eigenvalue weighted by Gasteiger charge is -2.22. The van der Waals surface area contributed by atoms with Gasteiger partial charge < -0.3 is 10.1 Å². The molecule has 29 heavy (non-hydrogen) atoms. The molecular formula is C21H25FN2O4S. The van der Waals surface area contributed by atoms with Crippen molar-refractivity contribution in [3.63, 3.8) is 0 Å². The Morgan fingerprint density at radius 3 is 2.55 bits per heavy atom.